The molecule has 3 N–H and O–H groups in total. The highest BCUT2D eigenvalue weighted by molar-refractivity contribution is 5.92. The molecule has 78 valence electrons. The van der Waals surface area contributed by atoms with E-state index in [9.17, 15) is 4.79 Å². The number of nitrogens with two attached hydrogens (primary N) is 1. The molecule has 0 aliphatic rings. The Kier molecular flexibility index (Phi) is 4.32. The fourth-order valence-electron chi connectivity index (χ4n) is 0.995. The zero-order chi connectivity index (χ0) is 11.1. The van der Waals surface area contributed by atoms with Crippen LogP contribution in [0.15, 0.2) is 18.5 Å². The molecule has 0 atom stereocenters. The van der Waals surface area contributed by atoms with E-state index in [2.05, 4.69) is 22.1 Å². The number of aromatic nitrogens is 1. The number of nitrogens with zero attached hydrogens (tertiary/aromatic N) is 1. The van der Waals surface area contributed by atoms with Crippen LogP contribution in [0.25, 0.3) is 0 Å². The SMILES string of the molecule is CNCCC#Cc1cncc(C(N)=O)c1. The van der Waals surface area contributed by atoms with Gasteiger partial charge < -0.3 is 11.1 Å². The van der Waals surface area contributed by atoms with E-state index in [-0.39, 0.29) is 0 Å². The van der Waals surface area contributed by atoms with Crippen molar-refractivity contribution in [3.63, 3.8) is 0 Å². The molecule has 0 spiro atoms. The first-order chi connectivity index (χ1) is 7.24. The van der Waals surface area contributed by atoms with Gasteiger partial charge in [0.05, 0.1) is 5.56 Å². The Bertz CT molecular complexity index is 404. The van der Waals surface area contributed by atoms with Gasteiger partial charge in [0.2, 0.25) is 5.91 Å². The second-order valence-corrected chi connectivity index (χ2v) is 2.98. The summed E-state index contributed by atoms with van der Waals surface area (Å²) in [5.74, 6) is 5.39. The molecule has 0 aromatic carbocycles. The predicted octanol–water partition coefficient (Wildman–Crippen LogP) is 0.142. The second kappa shape index (κ2) is 5.78. The van der Waals surface area contributed by atoms with Crippen molar-refractivity contribution in [2.75, 3.05) is 13.6 Å². The van der Waals surface area contributed by atoms with E-state index in [0.29, 0.717) is 11.1 Å². The molecule has 0 saturated heterocycles. The largest absolute Gasteiger partial charge is 0.366 e. The van der Waals surface area contributed by atoms with E-state index in [1.807, 2.05) is 7.05 Å². The van der Waals surface area contributed by atoms with Crippen LogP contribution in [0.5, 0.6) is 0 Å². The van der Waals surface area contributed by atoms with Crippen LogP contribution in [0, 0.1) is 11.8 Å². The van der Waals surface area contributed by atoms with Gasteiger partial charge in [-0.05, 0) is 13.1 Å². The molecule has 0 fully saturated rings. The molecule has 0 aliphatic carbocycles. The van der Waals surface area contributed by atoms with E-state index < -0.39 is 5.91 Å². The maximum atomic E-state index is 10.9. The molecule has 1 aromatic heterocycles. The highest BCUT2D eigenvalue weighted by Crippen LogP contribution is 2.00. The molecule has 0 bridgehead atoms. The molecule has 4 nitrogen and oxygen atoms in total. The zero-order valence-electron chi connectivity index (χ0n) is 8.58. The minimum absolute atomic E-state index is 0.385. The van der Waals surface area contributed by atoms with Gasteiger partial charge in [0, 0.05) is 30.9 Å². The van der Waals surface area contributed by atoms with E-state index in [1.165, 1.54) is 6.20 Å². The molecule has 15 heavy (non-hydrogen) atoms. The maximum absolute atomic E-state index is 10.9. The van der Waals surface area contributed by atoms with Gasteiger partial charge in [-0.25, -0.2) is 0 Å². The summed E-state index contributed by atoms with van der Waals surface area (Å²) >= 11 is 0. The quantitative estimate of drug-likeness (QED) is 0.542. The summed E-state index contributed by atoms with van der Waals surface area (Å²) in [6.07, 6.45) is 3.80. The van der Waals surface area contributed by atoms with Gasteiger partial charge in [0.25, 0.3) is 0 Å². The summed E-state index contributed by atoms with van der Waals surface area (Å²) in [4.78, 5) is 14.7. The number of carbonyl (C=O) groups is 1. The number of amides is 1. The van der Waals surface area contributed by atoms with Crippen LogP contribution < -0.4 is 11.1 Å². The fourth-order valence-corrected chi connectivity index (χ4v) is 0.995. The summed E-state index contributed by atoms with van der Waals surface area (Å²) in [6.45, 7) is 0.843. The molecule has 0 unspecified atom stereocenters. The molecule has 1 rings (SSSR count). The Hall–Kier alpha value is -1.86. The first-order valence-corrected chi connectivity index (χ1v) is 4.62. The Morgan fingerprint density at radius 1 is 1.60 bits per heavy atom. The fraction of sp³-hybridized carbons (Fsp3) is 0.273. The third kappa shape index (κ3) is 3.79. The minimum Gasteiger partial charge on any atom is -0.366 e. The molecule has 0 radical (unpaired) electrons. The van der Waals surface area contributed by atoms with Gasteiger partial charge in [-0.2, -0.15) is 0 Å². The highest BCUT2D eigenvalue weighted by atomic mass is 16.1. The number of hydrogen-bond acceptors (Lipinski definition) is 3. The first-order valence-electron chi connectivity index (χ1n) is 4.62. The highest BCUT2D eigenvalue weighted by Gasteiger charge is 1.99. The Morgan fingerprint density at radius 2 is 2.40 bits per heavy atom. The summed E-state index contributed by atoms with van der Waals surface area (Å²) in [6, 6.07) is 1.64. The number of nitrogens with one attached hydrogen (secondary N) is 1. The lowest BCUT2D eigenvalue weighted by Crippen LogP contribution is -2.11. The molecule has 1 amide bonds. The van der Waals surface area contributed by atoms with E-state index in [1.54, 1.807) is 12.3 Å². The van der Waals surface area contributed by atoms with Crippen molar-refractivity contribution in [1.29, 1.82) is 0 Å². The third-order valence-electron chi connectivity index (χ3n) is 1.76. The van der Waals surface area contributed by atoms with Gasteiger partial charge in [0.1, 0.15) is 0 Å². The molecule has 4 heteroatoms. The zero-order valence-corrected chi connectivity index (χ0v) is 8.58. The molecule has 1 heterocycles. The number of rotatable bonds is 3. The van der Waals surface area contributed by atoms with Gasteiger partial charge in [-0.15, -0.1) is 0 Å². The van der Waals surface area contributed by atoms with E-state index in [0.717, 1.165) is 13.0 Å². The molecular weight excluding hydrogens is 190 g/mol. The number of carbonyl (C=O) groups excluding carboxylic acids is 1. The Balaban J connectivity index is 2.72. The van der Waals surface area contributed by atoms with Crippen molar-refractivity contribution in [3.8, 4) is 11.8 Å². The van der Waals surface area contributed by atoms with Gasteiger partial charge >= 0.3 is 0 Å². The number of hydrogen-bond donors (Lipinski definition) is 2. The van der Waals surface area contributed by atoms with Crippen molar-refractivity contribution in [1.82, 2.24) is 10.3 Å². The molecule has 1 aromatic rings. The van der Waals surface area contributed by atoms with Crippen LogP contribution in [-0.4, -0.2) is 24.5 Å². The second-order valence-electron chi connectivity index (χ2n) is 2.98. The minimum atomic E-state index is -0.485. The predicted molar refractivity (Wildman–Crippen MR) is 58.2 cm³/mol. The summed E-state index contributed by atoms with van der Waals surface area (Å²) in [5.41, 5.74) is 6.22. The topological polar surface area (TPSA) is 68.0 Å². The van der Waals surface area contributed by atoms with Crippen LogP contribution >= 0.6 is 0 Å². The molecule has 0 saturated carbocycles. The Morgan fingerprint density at radius 3 is 3.07 bits per heavy atom. The van der Waals surface area contributed by atoms with Crippen molar-refractivity contribution < 1.29 is 4.79 Å². The van der Waals surface area contributed by atoms with Crippen LogP contribution in [0.2, 0.25) is 0 Å². The lowest BCUT2D eigenvalue weighted by Gasteiger charge is -1.94. The summed E-state index contributed by atoms with van der Waals surface area (Å²) in [7, 11) is 1.87. The number of primary amides is 1. The molecular formula is C11H13N3O. The third-order valence-corrected chi connectivity index (χ3v) is 1.76. The number of pyridine rings is 1. The average molecular weight is 203 g/mol. The first kappa shape index (κ1) is 11.2. The van der Waals surface area contributed by atoms with Crippen LogP contribution in [0.3, 0.4) is 0 Å². The van der Waals surface area contributed by atoms with Gasteiger partial charge in [-0.3, -0.25) is 9.78 Å². The standard InChI is InChI=1S/C11H13N3O/c1-13-5-3-2-4-9-6-10(11(12)15)8-14-7-9/h6-8,13H,3,5H2,1H3,(H2,12,15). The van der Waals surface area contributed by atoms with Crippen molar-refractivity contribution in [2.24, 2.45) is 5.73 Å². The van der Waals surface area contributed by atoms with Gasteiger partial charge in [-0.1, -0.05) is 11.8 Å². The van der Waals surface area contributed by atoms with Crippen LogP contribution in [0.1, 0.15) is 22.3 Å². The summed E-state index contributed by atoms with van der Waals surface area (Å²) in [5, 5.41) is 2.99. The van der Waals surface area contributed by atoms with E-state index >= 15 is 0 Å². The summed E-state index contributed by atoms with van der Waals surface area (Å²) < 4.78 is 0. The Labute approximate surface area is 88.9 Å². The lowest BCUT2D eigenvalue weighted by atomic mass is 10.2. The maximum Gasteiger partial charge on any atom is 0.250 e. The monoisotopic (exact) mass is 203 g/mol. The van der Waals surface area contributed by atoms with Crippen molar-refractivity contribution >= 4 is 5.91 Å². The average Bonchev–Trinajstić information content (AvgIpc) is 2.25. The van der Waals surface area contributed by atoms with Crippen LogP contribution in [-0.2, 0) is 0 Å². The van der Waals surface area contributed by atoms with E-state index in [4.69, 9.17) is 5.73 Å². The smallest absolute Gasteiger partial charge is 0.250 e. The van der Waals surface area contributed by atoms with Crippen molar-refractivity contribution in [3.05, 3.63) is 29.6 Å². The molecule has 0 aliphatic heterocycles. The van der Waals surface area contributed by atoms with Crippen LogP contribution in [0.4, 0.5) is 0 Å². The normalized spacial score (nSPS) is 9.13. The van der Waals surface area contributed by atoms with Gasteiger partial charge in [0.15, 0.2) is 0 Å². The van der Waals surface area contributed by atoms with Crippen molar-refractivity contribution in [2.45, 2.75) is 6.42 Å². The lowest BCUT2D eigenvalue weighted by molar-refractivity contribution is 0.1000.